The van der Waals surface area contributed by atoms with Crippen molar-refractivity contribution in [2.75, 3.05) is 0 Å². The Morgan fingerprint density at radius 2 is 2.11 bits per heavy atom. The second kappa shape index (κ2) is 5.73. The van der Waals surface area contributed by atoms with E-state index in [-0.39, 0.29) is 5.84 Å². The molecule has 0 saturated heterocycles. The lowest BCUT2D eigenvalue weighted by Gasteiger charge is -2.08. The summed E-state index contributed by atoms with van der Waals surface area (Å²) in [5.74, 6) is 0.0350. The molecule has 0 radical (unpaired) electrons. The van der Waals surface area contributed by atoms with Gasteiger partial charge in [0.15, 0.2) is 0 Å². The first kappa shape index (κ1) is 13.4. The van der Waals surface area contributed by atoms with Crippen LogP contribution in [0.4, 0.5) is 0 Å². The van der Waals surface area contributed by atoms with Crippen LogP contribution in [0.25, 0.3) is 0 Å². The van der Waals surface area contributed by atoms with Crippen LogP contribution in [-0.2, 0) is 0 Å². The van der Waals surface area contributed by atoms with Crippen molar-refractivity contribution in [3.05, 3.63) is 51.6 Å². The molecule has 0 saturated carbocycles. The molecular weight excluding hydrogens is 334 g/mol. The molecule has 0 atom stereocenters. The SMILES string of the molecule is N=C(N)c1cc(Br)ccc1Sc1ccc(Cl)cn1. The topological polar surface area (TPSA) is 62.8 Å². The molecular formula is C12H9BrClN3S. The molecule has 3 nitrogen and oxygen atoms in total. The van der Waals surface area contributed by atoms with E-state index in [2.05, 4.69) is 20.9 Å². The van der Waals surface area contributed by atoms with Crippen molar-refractivity contribution in [2.45, 2.75) is 9.92 Å². The summed E-state index contributed by atoms with van der Waals surface area (Å²) in [5.41, 5.74) is 6.26. The summed E-state index contributed by atoms with van der Waals surface area (Å²) in [6.07, 6.45) is 1.59. The molecule has 6 heteroatoms. The molecule has 1 heterocycles. The van der Waals surface area contributed by atoms with Gasteiger partial charge in [0.1, 0.15) is 10.9 Å². The molecule has 1 aromatic heterocycles. The number of nitrogens with two attached hydrogens (primary N) is 1. The van der Waals surface area contributed by atoms with Crippen molar-refractivity contribution in [1.29, 1.82) is 5.41 Å². The molecule has 0 fully saturated rings. The van der Waals surface area contributed by atoms with Crippen LogP contribution in [-0.4, -0.2) is 10.8 Å². The highest BCUT2D eigenvalue weighted by Crippen LogP contribution is 2.31. The zero-order valence-corrected chi connectivity index (χ0v) is 12.3. The van der Waals surface area contributed by atoms with E-state index in [0.717, 1.165) is 14.4 Å². The second-order valence-electron chi connectivity index (χ2n) is 3.47. The molecule has 0 aliphatic rings. The Kier molecular flexibility index (Phi) is 4.27. The van der Waals surface area contributed by atoms with Crippen LogP contribution < -0.4 is 5.73 Å². The lowest BCUT2D eigenvalue weighted by Crippen LogP contribution is -2.12. The first-order valence-electron chi connectivity index (χ1n) is 4.99. The predicted octanol–water partition coefficient (Wildman–Crippen LogP) is 3.93. The summed E-state index contributed by atoms with van der Waals surface area (Å²) in [4.78, 5) is 5.09. The largest absolute Gasteiger partial charge is 0.384 e. The van der Waals surface area contributed by atoms with E-state index < -0.39 is 0 Å². The van der Waals surface area contributed by atoms with Crippen molar-refractivity contribution >= 4 is 45.1 Å². The van der Waals surface area contributed by atoms with Gasteiger partial charge in [-0.15, -0.1) is 0 Å². The van der Waals surface area contributed by atoms with Gasteiger partial charge < -0.3 is 5.73 Å². The number of rotatable bonds is 3. The van der Waals surface area contributed by atoms with Crippen LogP contribution in [0.15, 0.2) is 50.9 Å². The minimum Gasteiger partial charge on any atom is -0.384 e. The number of hydrogen-bond donors (Lipinski definition) is 2. The van der Waals surface area contributed by atoms with Crippen LogP contribution in [0.2, 0.25) is 5.02 Å². The normalized spacial score (nSPS) is 10.3. The summed E-state index contributed by atoms with van der Waals surface area (Å²) in [6.45, 7) is 0. The highest BCUT2D eigenvalue weighted by atomic mass is 79.9. The van der Waals surface area contributed by atoms with Crippen molar-refractivity contribution < 1.29 is 0 Å². The third kappa shape index (κ3) is 3.25. The number of benzene rings is 1. The smallest absolute Gasteiger partial charge is 0.123 e. The fourth-order valence-corrected chi connectivity index (χ4v) is 2.69. The Hall–Kier alpha value is -1.04. The molecule has 0 amide bonds. The van der Waals surface area contributed by atoms with Gasteiger partial charge in [-0.25, -0.2) is 4.98 Å². The Balaban J connectivity index is 2.34. The number of pyridine rings is 1. The van der Waals surface area contributed by atoms with E-state index in [9.17, 15) is 0 Å². The molecule has 0 bridgehead atoms. The molecule has 0 aliphatic heterocycles. The number of nitrogens with zero attached hydrogens (tertiary/aromatic N) is 1. The van der Waals surface area contributed by atoms with Crippen molar-refractivity contribution in [2.24, 2.45) is 5.73 Å². The zero-order chi connectivity index (χ0) is 13.1. The number of nitrogen functional groups attached to an aromatic ring is 1. The monoisotopic (exact) mass is 341 g/mol. The van der Waals surface area contributed by atoms with E-state index in [4.69, 9.17) is 22.7 Å². The maximum atomic E-state index is 7.57. The maximum absolute atomic E-state index is 7.57. The summed E-state index contributed by atoms with van der Waals surface area (Å²) in [5, 5.41) is 8.98. The number of hydrogen-bond acceptors (Lipinski definition) is 3. The minimum absolute atomic E-state index is 0.0350. The minimum atomic E-state index is 0.0350. The van der Waals surface area contributed by atoms with Gasteiger partial charge in [-0.3, -0.25) is 5.41 Å². The average molecular weight is 343 g/mol. The molecule has 92 valence electrons. The van der Waals surface area contributed by atoms with Gasteiger partial charge in [0.05, 0.1) is 5.02 Å². The summed E-state index contributed by atoms with van der Waals surface area (Å²) >= 11 is 10.6. The van der Waals surface area contributed by atoms with Gasteiger partial charge >= 0.3 is 0 Å². The van der Waals surface area contributed by atoms with E-state index in [0.29, 0.717) is 10.6 Å². The second-order valence-corrected chi connectivity index (χ2v) is 5.89. The number of aromatic nitrogens is 1. The van der Waals surface area contributed by atoms with Gasteiger partial charge in [0.25, 0.3) is 0 Å². The molecule has 0 spiro atoms. The molecule has 3 N–H and O–H groups in total. The fourth-order valence-electron chi connectivity index (χ4n) is 1.34. The van der Waals surface area contributed by atoms with E-state index in [1.54, 1.807) is 12.3 Å². The summed E-state index contributed by atoms with van der Waals surface area (Å²) in [6, 6.07) is 9.25. The Morgan fingerprint density at radius 3 is 2.72 bits per heavy atom. The molecule has 0 aliphatic carbocycles. The lowest BCUT2D eigenvalue weighted by atomic mass is 10.2. The van der Waals surface area contributed by atoms with Gasteiger partial charge in [0, 0.05) is 21.1 Å². The van der Waals surface area contributed by atoms with E-state index in [1.807, 2.05) is 24.3 Å². The fraction of sp³-hybridized carbons (Fsp3) is 0. The Bertz CT molecular complexity index is 586. The van der Waals surface area contributed by atoms with Gasteiger partial charge in [0.2, 0.25) is 0 Å². The standard InChI is InChI=1S/C12H9BrClN3S/c13-7-1-3-10(9(5-7)12(15)16)18-11-4-2-8(14)6-17-11/h1-6H,(H3,15,16). The quantitative estimate of drug-likeness (QED) is 0.656. The van der Waals surface area contributed by atoms with Crippen LogP contribution >= 0.6 is 39.3 Å². The highest BCUT2D eigenvalue weighted by molar-refractivity contribution is 9.10. The van der Waals surface area contributed by atoms with Crippen LogP contribution in [0.5, 0.6) is 0 Å². The van der Waals surface area contributed by atoms with E-state index >= 15 is 0 Å². The third-order valence-electron chi connectivity index (χ3n) is 2.15. The third-order valence-corrected chi connectivity index (χ3v) is 3.89. The average Bonchev–Trinajstić information content (AvgIpc) is 2.34. The summed E-state index contributed by atoms with van der Waals surface area (Å²) < 4.78 is 0.890. The number of amidine groups is 1. The maximum Gasteiger partial charge on any atom is 0.123 e. The Morgan fingerprint density at radius 1 is 1.33 bits per heavy atom. The zero-order valence-electron chi connectivity index (χ0n) is 9.15. The van der Waals surface area contributed by atoms with Crippen LogP contribution in [0, 0.1) is 5.41 Å². The van der Waals surface area contributed by atoms with Gasteiger partial charge in [-0.05, 0) is 30.3 Å². The van der Waals surface area contributed by atoms with Crippen molar-refractivity contribution in [3.63, 3.8) is 0 Å². The predicted molar refractivity (Wildman–Crippen MR) is 78.5 cm³/mol. The van der Waals surface area contributed by atoms with Crippen molar-refractivity contribution in [3.8, 4) is 0 Å². The van der Waals surface area contributed by atoms with Crippen LogP contribution in [0.1, 0.15) is 5.56 Å². The first-order chi connectivity index (χ1) is 8.56. The molecule has 1 aromatic carbocycles. The highest BCUT2D eigenvalue weighted by Gasteiger charge is 2.08. The molecule has 18 heavy (non-hydrogen) atoms. The molecule has 2 rings (SSSR count). The van der Waals surface area contributed by atoms with Gasteiger partial charge in [-0.1, -0.05) is 39.3 Å². The first-order valence-corrected chi connectivity index (χ1v) is 6.98. The van der Waals surface area contributed by atoms with Crippen molar-refractivity contribution in [1.82, 2.24) is 4.98 Å². The Labute approximate surface area is 122 Å². The van der Waals surface area contributed by atoms with E-state index in [1.165, 1.54) is 11.8 Å². The molecule has 0 unspecified atom stereocenters. The number of nitrogens with one attached hydrogen (secondary N) is 1. The number of halogens is 2. The molecule has 2 aromatic rings. The lowest BCUT2D eigenvalue weighted by molar-refractivity contribution is 1.13. The van der Waals surface area contributed by atoms with Crippen LogP contribution in [0.3, 0.4) is 0 Å². The van der Waals surface area contributed by atoms with Gasteiger partial charge in [-0.2, -0.15) is 0 Å². The summed E-state index contributed by atoms with van der Waals surface area (Å²) in [7, 11) is 0.